The molecule has 30 heavy (non-hydrogen) atoms. The van der Waals surface area contributed by atoms with Crippen molar-refractivity contribution in [1.82, 2.24) is 5.32 Å². The van der Waals surface area contributed by atoms with E-state index in [1.165, 1.54) is 17.3 Å². The maximum atomic E-state index is 12.5. The van der Waals surface area contributed by atoms with Gasteiger partial charge in [-0.2, -0.15) is 5.26 Å². The number of carbonyl (C=O) groups excluding carboxylic acids is 1. The van der Waals surface area contributed by atoms with Gasteiger partial charge in [0.25, 0.3) is 5.91 Å². The fourth-order valence-corrected chi connectivity index (χ4v) is 4.26. The number of thioether (sulfide) groups is 1. The van der Waals surface area contributed by atoms with E-state index in [1.807, 2.05) is 31.2 Å². The lowest BCUT2D eigenvalue weighted by molar-refractivity contribution is -0.116. The maximum Gasteiger partial charge on any atom is 0.260 e. The van der Waals surface area contributed by atoms with Crippen LogP contribution in [0.25, 0.3) is 6.08 Å². The fourth-order valence-electron chi connectivity index (χ4n) is 2.85. The number of carbonyl (C=O) groups is 1. The van der Waals surface area contributed by atoms with Crippen molar-refractivity contribution >= 4 is 45.4 Å². The van der Waals surface area contributed by atoms with Crippen LogP contribution in [0.2, 0.25) is 0 Å². The number of hydrogen-bond acceptors (Lipinski definition) is 6. The number of ether oxygens (including phenoxy) is 2. The normalized spacial score (nSPS) is 16.8. The number of halogens is 1. The van der Waals surface area contributed by atoms with Gasteiger partial charge in [0, 0.05) is 10.2 Å². The molecule has 2 aromatic rings. The lowest BCUT2D eigenvalue weighted by Gasteiger charge is -2.13. The minimum absolute atomic E-state index is 0.0716. The molecule has 0 saturated carbocycles. The molecule has 1 heterocycles. The summed E-state index contributed by atoms with van der Waals surface area (Å²) in [6.07, 6.45) is 2.80. The van der Waals surface area contributed by atoms with E-state index in [0.29, 0.717) is 23.0 Å². The van der Waals surface area contributed by atoms with Crippen LogP contribution in [0.15, 0.2) is 45.8 Å². The van der Waals surface area contributed by atoms with Gasteiger partial charge in [-0.25, -0.2) is 0 Å². The molecular formula is C22H22BrN3O3S. The summed E-state index contributed by atoms with van der Waals surface area (Å²) in [7, 11) is 0. The van der Waals surface area contributed by atoms with Crippen molar-refractivity contribution in [2.75, 3.05) is 18.5 Å². The van der Waals surface area contributed by atoms with Crippen LogP contribution in [0, 0.1) is 11.3 Å². The first kappa shape index (κ1) is 22.1. The summed E-state index contributed by atoms with van der Waals surface area (Å²) in [6.45, 7) is 4.37. The third kappa shape index (κ3) is 5.49. The van der Waals surface area contributed by atoms with E-state index in [-0.39, 0.29) is 18.0 Å². The van der Waals surface area contributed by atoms with Crippen molar-refractivity contribution in [3.05, 3.63) is 56.9 Å². The SMILES string of the molecule is CCOc1cc(/C=C2\S[C@@H](Nc3ccc(CC)cc3)NC2=O)c(Br)cc1OCC#N. The van der Waals surface area contributed by atoms with Gasteiger partial charge in [-0.15, -0.1) is 0 Å². The number of nitrogens with one attached hydrogen (secondary N) is 2. The summed E-state index contributed by atoms with van der Waals surface area (Å²) in [5.41, 5.74) is 2.75. The molecule has 0 spiro atoms. The van der Waals surface area contributed by atoms with E-state index in [4.69, 9.17) is 14.7 Å². The third-order valence-electron chi connectivity index (χ3n) is 4.33. The zero-order valence-corrected chi connectivity index (χ0v) is 19.1. The second kappa shape index (κ2) is 10.4. The van der Waals surface area contributed by atoms with E-state index in [0.717, 1.165) is 22.1 Å². The molecule has 1 saturated heterocycles. The standard InChI is InChI=1S/C22H22BrN3O3S/c1-3-14-5-7-16(8-6-14)25-22-26-21(27)20(30-22)12-15-11-18(28-4-2)19(13-17(15)23)29-10-9-24/h5-8,11-13,22,25H,3-4,10H2,1-2H3,(H,26,27)/b20-12-/t22-/m0/s1. The van der Waals surface area contributed by atoms with E-state index < -0.39 is 0 Å². The van der Waals surface area contributed by atoms with Gasteiger partial charge >= 0.3 is 0 Å². The summed E-state index contributed by atoms with van der Waals surface area (Å²) in [5.74, 6) is 0.861. The zero-order chi connectivity index (χ0) is 21.5. The van der Waals surface area contributed by atoms with Gasteiger partial charge in [-0.1, -0.05) is 46.7 Å². The topological polar surface area (TPSA) is 83.4 Å². The van der Waals surface area contributed by atoms with Crippen molar-refractivity contribution in [2.45, 2.75) is 25.8 Å². The molecule has 8 heteroatoms. The van der Waals surface area contributed by atoms with Gasteiger partial charge in [0.05, 0.1) is 11.5 Å². The fraction of sp³-hybridized carbons (Fsp3) is 0.273. The smallest absolute Gasteiger partial charge is 0.260 e. The molecule has 0 aromatic heterocycles. The third-order valence-corrected chi connectivity index (χ3v) is 6.05. The molecule has 2 N–H and O–H groups in total. The average Bonchev–Trinajstić information content (AvgIpc) is 3.08. The summed E-state index contributed by atoms with van der Waals surface area (Å²) in [6, 6.07) is 13.7. The minimum atomic E-state index is -0.250. The molecule has 2 aromatic carbocycles. The number of nitrogens with zero attached hydrogens (tertiary/aromatic N) is 1. The van der Waals surface area contributed by atoms with E-state index in [9.17, 15) is 4.79 Å². The van der Waals surface area contributed by atoms with E-state index >= 15 is 0 Å². The lowest BCUT2D eigenvalue weighted by Crippen LogP contribution is -2.30. The molecule has 156 valence electrons. The zero-order valence-electron chi connectivity index (χ0n) is 16.7. The van der Waals surface area contributed by atoms with Crippen molar-refractivity contribution in [1.29, 1.82) is 5.26 Å². The van der Waals surface area contributed by atoms with Crippen LogP contribution in [-0.2, 0) is 11.2 Å². The molecule has 1 amide bonds. The molecule has 1 aliphatic rings. The highest BCUT2D eigenvalue weighted by Crippen LogP contribution is 2.37. The first-order valence-electron chi connectivity index (χ1n) is 9.54. The predicted molar refractivity (Wildman–Crippen MR) is 123 cm³/mol. The molecule has 3 rings (SSSR count). The lowest BCUT2D eigenvalue weighted by atomic mass is 10.1. The van der Waals surface area contributed by atoms with Gasteiger partial charge in [0.1, 0.15) is 6.07 Å². The van der Waals surface area contributed by atoms with E-state index in [1.54, 1.807) is 12.1 Å². The Morgan fingerprint density at radius 3 is 2.63 bits per heavy atom. The number of hydrogen-bond donors (Lipinski definition) is 2. The minimum Gasteiger partial charge on any atom is -0.490 e. The molecule has 0 aliphatic carbocycles. The largest absolute Gasteiger partial charge is 0.490 e. The number of aryl methyl sites for hydroxylation is 1. The number of amides is 1. The van der Waals surface area contributed by atoms with Gasteiger partial charge in [-0.05, 0) is 54.8 Å². The van der Waals surface area contributed by atoms with Gasteiger partial charge in [-0.3, -0.25) is 4.79 Å². The number of rotatable bonds is 8. The number of anilines is 1. The molecule has 0 radical (unpaired) electrons. The first-order chi connectivity index (χ1) is 14.5. The molecule has 1 atom stereocenters. The molecule has 6 nitrogen and oxygen atoms in total. The Balaban J connectivity index is 1.77. The Labute approximate surface area is 188 Å². The highest BCUT2D eigenvalue weighted by molar-refractivity contribution is 9.10. The van der Waals surface area contributed by atoms with Crippen LogP contribution in [0.3, 0.4) is 0 Å². The molecule has 1 fully saturated rings. The maximum absolute atomic E-state index is 12.5. The summed E-state index contributed by atoms with van der Waals surface area (Å²) in [4.78, 5) is 13.1. The second-order valence-electron chi connectivity index (χ2n) is 6.38. The van der Waals surface area contributed by atoms with Crippen molar-refractivity contribution < 1.29 is 14.3 Å². The summed E-state index contributed by atoms with van der Waals surface area (Å²) < 4.78 is 11.8. The molecular weight excluding hydrogens is 466 g/mol. The Bertz CT molecular complexity index is 986. The van der Waals surface area contributed by atoms with Crippen LogP contribution in [0.1, 0.15) is 25.0 Å². The average molecular weight is 488 g/mol. The van der Waals surface area contributed by atoms with Crippen molar-refractivity contribution in [3.8, 4) is 17.6 Å². The van der Waals surface area contributed by atoms with Crippen LogP contribution < -0.4 is 20.1 Å². The van der Waals surface area contributed by atoms with Crippen LogP contribution in [0.4, 0.5) is 5.69 Å². The first-order valence-corrected chi connectivity index (χ1v) is 11.2. The van der Waals surface area contributed by atoms with Gasteiger partial charge < -0.3 is 20.1 Å². The predicted octanol–water partition coefficient (Wildman–Crippen LogP) is 4.91. The molecule has 1 aliphatic heterocycles. The van der Waals surface area contributed by atoms with Crippen LogP contribution in [-0.4, -0.2) is 24.6 Å². The highest BCUT2D eigenvalue weighted by Gasteiger charge is 2.27. The van der Waals surface area contributed by atoms with Crippen LogP contribution >= 0.6 is 27.7 Å². The Kier molecular flexibility index (Phi) is 7.66. The summed E-state index contributed by atoms with van der Waals surface area (Å²) in [5, 5.41) is 15.0. The van der Waals surface area contributed by atoms with Crippen molar-refractivity contribution in [2.24, 2.45) is 0 Å². The van der Waals surface area contributed by atoms with Gasteiger partial charge in [0.15, 0.2) is 23.6 Å². The summed E-state index contributed by atoms with van der Waals surface area (Å²) >= 11 is 4.93. The van der Waals surface area contributed by atoms with Crippen LogP contribution in [0.5, 0.6) is 11.5 Å². The Hall–Kier alpha value is -2.63. The number of nitriles is 1. The molecule has 0 bridgehead atoms. The van der Waals surface area contributed by atoms with Gasteiger partial charge in [0.2, 0.25) is 0 Å². The van der Waals surface area contributed by atoms with E-state index in [2.05, 4.69) is 45.6 Å². The monoisotopic (exact) mass is 487 g/mol. The number of benzene rings is 2. The Morgan fingerprint density at radius 1 is 1.23 bits per heavy atom. The van der Waals surface area contributed by atoms with Crippen molar-refractivity contribution in [3.63, 3.8) is 0 Å². The Morgan fingerprint density at radius 2 is 1.97 bits per heavy atom. The molecule has 0 unspecified atom stereocenters. The second-order valence-corrected chi connectivity index (χ2v) is 8.38. The highest BCUT2D eigenvalue weighted by atomic mass is 79.9. The quantitative estimate of drug-likeness (QED) is 0.514.